The van der Waals surface area contributed by atoms with Crippen molar-refractivity contribution in [2.24, 2.45) is 5.73 Å². The van der Waals surface area contributed by atoms with E-state index in [2.05, 4.69) is 41.8 Å². The molecule has 3 N–H and O–H groups in total. The summed E-state index contributed by atoms with van der Waals surface area (Å²) in [5.41, 5.74) is 10.2. The van der Waals surface area contributed by atoms with Crippen molar-refractivity contribution in [1.82, 2.24) is 4.90 Å². The molecule has 0 radical (unpaired) electrons. The molecule has 1 aromatic carbocycles. The van der Waals surface area contributed by atoms with Crippen LogP contribution in [0.1, 0.15) is 24.5 Å². The molecule has 0 bridgehead atoms. The highest BCUT2D eigenvalue weighted by Crippen LogP contribution is 2.24. The second-order valence-corrected chi connectivity index (χ2v) is 5.89. The van der Waals surface area contributed by atoms with E-state index in [1.165, 1.54) is 16.8 Å². The van der Waals surface area contributed by atoms with E-state index >= 15 is 0 Å². The fourth-order valence-corrected chi connectivity index (χ4v) is 2.87. The van der Waals surface area contributed by atoms with Gasteiger partial charge in [-0.1, -0.05) is 12.1 Å². The molecule has 0 amide bonds. The van der Waals surface area contributed by atoms with E-state index in [0.29, 0.717) is 6.42 Å². The highest BCUT2D eigenvalue weighted by atomic mass is 16.3. The molecular formula is C16H27N3O. The lowest BCUT2D eigenvalue weighted by Gasteiger charge is -2.39. The Morgan fingerprint density at radius 2 is 1.85 bits per heavy atom. The van der Waals surface area contributed by atoms with Crippen molar-refractivity contribution in [2.75, 3.05) is 31.1 Å². The molecule has 0 aliphatic carbocycles. The van der Waals surface area contributed by atoms with Gasteiger partial charge in [-0.3, -0.25) is 4.90 Å². The minimum absolute atomic E-state index is 0.0317. The number of rotatable bonds is 4. The fraction of sp³-hybridized carbons (Fsp3) is 0.625. The number of piperazine rings is 1. The fourth-order valence-electron chi connectivity index (χ4n) is 2.87. The number of aliphatic hydroxyl groups is 1. The maximum atomic E-state index is 9.43. The maximum Gasteiger partial charge on any atom is 0.0597 e. The van der Waals surface area contributed by atoms with Gasteiger partial charge in [0, 0.05) is 38.3 Å². The van der Waals surface area contributed by atoms with E-state index in [0.717, 1.165) is 26.2 Å². The van der Waals surface area contributed by atoms with Crippen LogP contribution in [0, 0.1) is 13.8 Å². The Bertz CT molecular complexity index is 439. The number of benzene rings is 1. The molecule has 1 heterocycles. The standard InChI is InChI=1S/C16H27N3O/c1-12-5-4-6-15(14(12)3)18-7-9-19(10-8-18)16(17)11-13(2)20/h4-6,13,16,20H,7-11,17H2,1-3H3. The van der Waals surface area contributed by atoms with Gasteiger partial charge in [-0.2, -0.15) is 0 Å². The lowest BCUT2D eigenvalue weighted by Crippen LogP contribution is -2.54. The van der Waals surface area contributed by atoms with Crippen LogP contribution in [0.5, 0.6) is 0 Å². The predicted molar refractivity (Wildman–Crippen MR) is 84.0 cm³/mol. The van der Waals surface area contributed by atoms with Gasteiger partial charge in [-0.05, 0) is 38.0 Å². The molecule has 2 unspecified atom stereocenters. The predicted octanol–water partition coefficient (Wildman–Crippen LogP) is 1.48. The minimum Gasteiger partial charge on any atom is -0.393 e. The molecule has 1 aromatic rings. The molecule has 4 nitrogen and oxygen atoms in total. The normalized spacial score (nSPS) is 19.9. The summed E-state index contributed by atoms with van der Waals surface area (Å²) in [6.45, 7) is 10.1. The van der Waals surface area contributed by atoms with E-state index in [9.17, 15) is 5.11 Å². The van der Waals surface area contributed by atoms with Crippen LogP contribution >= 0.6 is 0 Å². The van der Waals surface area contributed by atoms with Gasteiger partial charge < -0.3 is 15.7 Å². The van der Waals surface area contributed by atoms with Crippen LogP contribution in [0.15, 0.2) is 18.2 Å². The zero-order valence-electron chi connectivity index (χ0n) is 12.8. The Kier molecular flexibility index (Phi) is 5.02. The first-order valence-electron chi connectivity index (χ1n) is 7.48. The number of anilines is 1. The first-order valence-corrected chi connectivity index (χ1v) is 7.48. The summed E-state index contributed by atoms with van der Waals surface area (Å²) in [7, 11) is 0. The lowest BCUT2D eigenvalue weighted by molar-refractivity contribution is 0.110. The molecule has 1 aliphatic heterocycles. The topological polar surface area (TPSA) is 52.7 Å². The molecule has 0 saturated carbocycles. The summed E-state index contributed by atoms with van der Waals surface area (Å²) in [6, 6.07) is 6.49. The Morgan fingerprint density at radius 3 is 2.45 bits per heavy atom. The van der Waals surface area contributed by atoms with E-state index in [1.54, 1.807) is 6.92 Å². The first kappa shape index (κ1) is 15.3. The lowest BCUT2D eigenvalue weighted by atomic mass is 10.1. The summed E-state index contributed by atoms with van der Waals surface area (Å²) in [6.07, 6.45) is 0.279. The molecule has 1 saturated heterocycles. The summed E-state index contributed by atoms with van der Waals surface area (Å²) < 4.78 is 0. The van der Waals surface area contributed by atoms with Crippen molar-refractivity contribution in [3.05, 3.63) is 29.3 Å². The third kappa shape index (κ3) is 3.51. The average Bonchev–Trinajstić information content (AvgIpc) is 2.41. The van der Waals surface area contributed by atoms with Gasteiger partial charge in [-0.15, -0.1) is 0 Å². The second-order valence-electron chi connectivity index (χ2n) is 5.89. The molecule has 0 aromatic heterocycles. The van der Waals surface area contributed by atoms with Crippen molar-refractivity contribution < 1.29 is 5.11 Å². The van der Waals surface area contributed by atoms with E-state index in [-0.39, 0.29) is 12.3 Å². The van der Waals surface area contributed by atoms with Crippen molar-refractivity contribution in [3.63, 3.8) is 0 Å². The second kappa shape index (κ2) is 6.57. The van der Waals surface area contributed by atoms with Crippen LogP contribution in [0.3, 0.4) is 0 Å². The van der Waals surface area contributed by atoms with E-state index in [1.807, 2.05) is 0 Å². The highest BCUT2D eigenvalue weighted by Gasteiger charge is 2.23. The molecule has 4 heteroatoms. The molecule has 1 aliphatic rings. The molecular weight excluding hydrogens is 250 g/mol. The third-order valence-electron chi connectivity index (χ3n) is 4.28. The summed E-state index contributed by atoms with van der Waals surface area (Å²) in [4.78, 5) is 4.71. The average molecular weight is 277 g/mol. The molecule has 2 rings (SSSR count). The van der Waals surface area contributed by atoms with Gasteiger partial charge in [0.15, 0.2) is 0 Å². The Labute approximate surface area is 122 Å². The Hall–Kier alpha value is -1.10. The van der Waals surface area contributed by atoms with Gasteiger partial charge >= 0.3 is 0 Å². The van der Waals surface area contributed by atoms with Gasteiger partial charge in [0.25, 0.3) is 0 Å². The van der Waals surface area contributed by atoms with Crippen molar-refractivity contribution >= 4 is 5.69 Å². The Balaban J connectivity index is 1.96. The highest BCUT2D eigenvalue weighted by molar-refractivity contribution is 5.56. The van der Waals surface area contributed by atoms with Crippen LogP contribution in [0.4, 0.5) is 5.69 Å². The number of nitrogens with zero attached hydrogens (tertiary/aromatic N) is 2. The van der Waals surface area contributed by atoms with Crippen molar-refractivity contribution in [1.29, 1.82) is 0 Å². The Morgan fingerprint density at radius 1 is 1.20 bits per heavy atom. The van der Waals surface area contributed by atoms with Crippen molar-refractivity contribution in [3.8, 4) is 0 Å². The van der Waals surface area contributed by atoms with Gasteiger partial charge in [-0.25, -0.2) is 0 Å². The number of aliphatic hydroxyl groups excluding tert-OH is 1. The van der Waals surface area contributed by atoms with Crippen LogP contribution in [-0.4, -0.2) is 48.5 Å². The summed E-state index contributed by atoms with van der Waals surface area (Å²) in [5.74, 6) is 0. The largest absolute Gasteiger partial charge is 0.393 e. The number of hydrogen-bond donors (Lipinski definition) is 2. The molecule has 1 fully saturated rings. The zero-order valence-corrected chi connectivity index (χ0v) is 12.8. The molecule has 2 atom stereocenters. The maximum absolute atomic E-state index is 9.43. The van der Waals surface area contributed by atoms with Crippen LogP contribution < -0.4 is 10.6 Å². The van der Waals surface area contributed by atoms with Crippen molar-refractivity contribution in [2.45, 2.75) is 39.5 Å². The molecule has 0 spiro atoms. The van der Waals surface area contributed by atoms with Gasteiger partial charge in [0.05, 0.1) is 12.3 Å². The van der Waals surface area contributed by atoms with Crippen LogP contribution in [-0.2, 0) is 0 Å². The monoisotopic (exact) mass is 277 g/mol. The SMILES string of the molecule is Cc1cccc(N2CCN(C(N)CC(C)O)CC2)c1C. The summed E-state index contributed by atoms with van der Waals surface area (Å²) >= 11 is 0. The third-order valence-corrected chi connectivity index (χ3v) is 4.28. The van der Waals surface area contributed by atoms with E-state index < -0.39 is 0 Å². The number of nitrogens with two attached hydrogens (primary N) is 1. The van der Waals surface area contributed by atoms with E-state index in [4.69, 9.17) is 5.73 Å². The minimum atomic E-state index is -0.331. The van der Waals surface area contributed by atoms with Crippen LogP contribution in [0.2, 0.25) is 0 Å². The molecule has 112 valence electrons. The quantitative estimate of drug-likeness (QED) is 0.875. The number of aryl methyl sites for hydroxylation is 1. The molecule has 20 heavy (non-hydrogen) atoms. The van der Waals surface area contributed by atoms with Gasteiger partial charge in [0.2, 0.25) is 0 Å². The van der Waals surface area contributed by atoms with Gasteiger partial charge in [0.1, 0.15) is 0 Å². The zero-order chi connectivity index (χ0) is 14.7. The van der Waals surface area contributed by atoms with Crippen LogP contribution in [0.25, 0.3) is 0 Å². The first-order chi connectivity index (χ1) is 9.49. The summed E-state index contributed by atoms with van der Waals surface area (Å²) in [5, 5.41) is 9.43. The smallest absolute Gasteiger partial charge is 0.0597 e. The number of hydrogen-bond acceptors (Lipinski definition) is 4.